The number of allylic oxidation sites excluding steroid dienone is 2. The highest BCUT2D eigenvalue weighted by Gasteiger charge is 2.83. The number of halogens is 6. The number of rotatable bonds is 0. The maximum absolute atomic E-state index is 12.5. The van der Waals surface area contributed by atoms with Crippen LogP contribution in [0.2, 0.25) is 0 Å². The van der Waals surface area contributed by atoms with Crippen LogP contribution in [-0.2, 0) is 4.79 Å². The molecule has 0 amide bonds. The zero-order valence-electron chi connectivity index (χ0n) is 8.33. The van der Waals surface area contributed by atoms with Crippen molar-refractivity contribution in [1.29, 1.82) is 0 Å². The van der Waals surface area contributed by atoms with Crippen molar-refractivity contribution in [2.24, 2.45) is 11.3 Å². The van der Waals surface area contributed by atoms with E-state index in [1.807, 2.05) is 0 Å². The maximum atomic E-state index is 12.5. The third-order valence-electron chi connectivity index (χ3n) is 2.94. The highest BCUT2D eigenvalue weighted by atomic mass is 19.4. The van der Waals surface area contributed by atoms with Crippen molar-refractivity contribution in [2.75, 3.05) is 0 Å². The SMILES string of the molecule is C/C=C1\C(=O)C(C(F)(F)F)(C(F)(F)F)C1C. The van der Waals surface area contributed by atoms with Crippen molar-refractivity contribution in [3.05, 3.63) is 11.6 Å². The van der Waals surface area contributed by atoms with E-state index in [1.54, 1.807) is 0 Å². The Morgan fingerprint density at radius 3 is 1.69 bits per heavy atom. The number of carbonyl (C=O) groups is 1. The van der Waals surface area contributed by atoms with Crippen LogP contribution in [0.15, 0.2) is 11.6 Å². The molecule has 16 heavy (non-hydrogen) atoms. The van der Waals surface area contributed by atoms with Gasteiger partial charge in [0.15, 0.2) is 5.78 Å². The molecule has 1 fully saturated rings. The van der Waals surface area contributed by atoms with Crippen LogP contribution in [0.1, 0.15) is 13.8 Å². The molecule has 0 saturated heterocycles. The third-order valence-corrected chi connectivity index (χ3v) is 2.94. The molecule has 1 aliphatic carbocycles. The van der Waals surface area contributed by atoms with Gasteiger partial charge in [-0.15, -0.1) is 0 Å². The molecule has 0 aromatic carbocycles. The molecule has 1 saturated carbocycles. The molecule has 0 bridgehead atoms. The number of carbonyl (C=O) groups excluding carboxylic acids is 1. The zero-order valence-corrected chi connectivity index (χ0v) is 8.33. The molecular weight excluding hydrogens is 238 g/mol. The van der Waals surface area contributed by atoms with Gasteiger partial charge in [0.1, 0.15) is 0 Å². The molecule has 0 radical (unpaired) electrons. The van der Waals surface area contributed by atoms with Crippen LogP contribution >= 0.6 is 0 Å². The molecular formula is C9H8F6O. The molecule has 92 valence electrons. The lowest BCUT2D eigenvalue weighted by Crippen LogP contribution is -2.67. The largest absolute Gasteiger partial charge is 0.411 e. The first-order valence-corrected chi connectivity index (χ1v) is 4.36. The minimum atomic E-state index is -5.62. The second-order valence-corrected chi connectivity index (χ2v) is 3.60. The molecule has 1 nitrogen and oxygen atoms in total. The van der Waals surface area contributed by atoms with E-state index in [0.29, 0.717) is 0 Å². The Kier molecular flexibility index (Phi) is 2.64. The number of ketones is 1. The van der Waals surface area contributed by atoms with E-state index in [9.17, 15) is 31.1 Å². The molecule has 1 atom stereocenters. The quantitative estimate of drug-likeness (QED) is 0.473. The first-order chi connectivity index (χ1) is 7.01. The van der Waals surface area contributed by atoms with Gasteiger partial charge in [0.25, 0.3) is 0 Å². The summed E-state index contributed by atoms with van der Waals surface area (Å²) in [6, 6.07) is 0. The van der Waals surface area contributed by atoms with Gasteiger partial charge in [-0.3, -0.25) is 4.79 Å². The Morgan fingerprint density at radius 1 is 1.12 bits per heavy atom. The Labute approximate surface area is 87.1 Å². The Morgan fingerprint density at radius 2 is 1.50 bits per heavy atom. The molecule has 0 aromatic rings. The fourth-order valence-electron chi connectivity index (χ4n) is 2.07. The van der Waals surface area contributed by atoms with E-state index < -0.39 is 35.0 Å². The van der Waals surface area contributed by atoms with E-state index in [0.717, 1.165) is 13.0 Å². The van der Waals surface area contributed by atoms with Gasteiger partial charge in [0.2, 0.25) is 5.41 Å². The average molecular weight is 246 g/mol. The van der Waals surface area contributed by atoms with Crippen molar-refractivity contribution in [2.45, 2.75) is 26.2 Å². The van der Waals surface area contributed by atoms with Gasteiger partial charge in [0, 0.05) is 5.92 Å². The van der Waals surface area contributed by atoms with Crippen molar-refractivity contribution in [1.82, 2.24) is 0 Å². The first kappa shape index (κ1) is 13.1. The molecule has 1 aliphatic rings. The maximum Gasteiger partial charge on any atom is 0.411 e. The molecule has 0 spiro atoms. The minimum Gasteiger partial charge on any atom is -0.293 e. The number of hydrogen-bond donors (Lipinski definition) is 0. The fourth-order valence-corrected chi connectivity index (χ4v) is 2.07. The highest BCUT2D eigenvalue weighted by molar-refractivity contribution is 6.09. The van der Waals surface area contributed by atoms with Crippen LogP contribution in [0.5, 0.6) is 0 Å². The summed E-state index contributed by atoms with van der Waals surface area (Å²) in [5, 5.41) is 0. The molecule has 0 heterocycles. The molecule has 7 heteroatoms. The molecule has 0 aliphatic heterocycles. The van der Waals surface area contributed by atoms with E-state index in [1.165, 1.54) is 6.92 Å². The van der Waals surface area contributed by atoms with Crippen LogP contribution in [0.3, 0.4) is 0 Å². The van der Waals surface area contributed by atoms with E-state index >= 15 is 0 Å². The molecule has 1 unspecified atom stereocenters. The standard InChI is InChI=1S/C9H8F6O/c1-3-5-4(2)7(6(5)16,8(10,11)12)9(13,14)15/h3-4H,1-2H3/b5-3-. The lowest BCUT2D eigenvalue weighted by Gasteiger charge is -2.49. The topological polar surface area (TPSA) is 17.1 Å². The third kappa shape index (κ3) is 1.23. The van der Waals surface area contributed by atoms with Gasteiger partial charge in [0.05, 0.1) is 0 Å². The van der Waals surface area contributed by atoms with Crippen molar-refractivity contribution < 1.29 is 31.1 Å². The molecule has 0 N–H and O–H groups in total. The summed E-state index contributed by atoms with van der Waals surface area (Å²) in [6.45, 7) is 2.00. The fraction of sp³-hybridized carbons (Fsp3) is 0.667. The van der Waals surface area contributed by atoms with Crippen LogP contribution < -0.4 is 0 Å². The summed E-state index contributed by atoms with van der Waals surface area (Å²) in [5.74, 6) is -3.77. The highest BCUT2D eigenvalue weighted by Crippen LogP contribution is 2.64. The van der Waals surface area contributed by atoms with Crippen LogP contribution in [0.25, 0.3) is 0 Å². The van der Waals surface area contributed by atoms with E-state index in [2.05, 4.69) is 0 Å². The van der Waals surface area contributed by atoms with Gasteiger partial charge in [-0.25, -0.2) is 0 Å². The minimum absolute atomic E-state index is 0.422. The smallest absolute Gasteiger partial charge is 0.293 e. The zero-order chi connectivity index (χ0) is 12.9. The summed E-state index contributed by atoms with van der Waals surface area (Å²) < 4.78 is 75.0. The molecule has 1 rings (SSSR count). The van der Waals surface area contributed by atoms with Gasteiger partial charge >= 0.3 is 12.4 Å². The normalized spacial score (nSPS) is 28.1. The predicted octanol–water partition coefficient (Wildman–Crippen LogP) is 3.26. The second kappa shape index (κ2) is 3.24. The summed E-state index contributed by atoms with van der Waals surface area (Å²) in [5.41, 5.74) is -4.64. The van der Waals surface area contributed by atoms with Crippen LogP contribution in [0, 0.1) is 11.3 Å². The summed E-state index contributed by atoms with van der Waals surface area (Å²) >= 11 is 0. The van der Waals surface area contributed by atoms with Gasteiger partial charge < -0.3 is 0 Å². The van der Waals surface area contributed by atoms with Crippen LogP contribution in [0.4, 0.5) is 26.3 Å². The van der Waals surface area contributed by atoms with Crippen molar-refractivity contribution >= 4 is 5.78 Å². The Hall–Kier alpha value is -1.01. The average Bonchev–Trinajstić information content (AvgIpc) is 1.99. The van der Waals surface area contributed by atoms with E-state index in [4.69, 9.17) is 0 Å². The van der Waals surface area contributed by atoms with Crippen molar-refractivity contribution in [3.8, 4) is 0 Å². The number of Topliss-reactive ketones (excluding diaryl/α,β-unsaturated/α-hetero) is 1. The number of hydrogen-bond acceptors (Lipinski definition) is 1. The van der Waals surface area contributed by atoms with Gasteiger partial charge in [-0.2, -0.15) is 26.3 Å². The summed E-state index contributed by atoms with van der Waals surface area (Å²) in [4.78, 5) is 11.1. The second-order valence-electron chi connectivity index (χ2n) is 3.60. The van der Waals surface area contributed by atoms with Gasteiger partial charge in [-0.05, 0) is 12.5 Å². The van der Waals surface area contributed by atoms with Gasteiger partial charge in [-0.1, -0.05) is 13.0 Å². The molecule has 0 aromatic heterocycles. The lowest BCUT2D eigenvalue weighted by atomic mass is 9.55. The lowest BCUT2D eigenvalue weighted by molar-refractivity contribution is -0.344. The number of alkyl halides is 6. The summed E-state index contributed by atoms with van der Waals surface area (Å²) in [6.07, 6.45) is -10.2. The first-order valence-electron chi connectivity index (χ1n) is 4.36. The Balaban J connectivity index is 3.38. The van der Waals surface area contributed by atoms with E-state index in [-0.39, 0.29) is 0 Å². The van der Waals surface area contributed by atoms with Crippen LogP contribution in [-0.4, -0.2) is 18.1 Å². The summed E-state index contributed by atoms with van der Waals surface area (Å²) in [7, 11) is 0. The van der Waals surface area contributed by atoms with Crippen molar-refractivity contribution in [3.63, 3.8) is 0 Å². The predicted molar refractivity (Wildman–Crippen MR) is 42.5 cm³/mol. The Bertz CT molecular complexity index is 334. The monoisotopic (exact) mass is 246 g/mol.